The number of benzene rings is 1. The maximum absolute atomic E-state index is 12.6. The molecule has 0 aliphatic carbocycles. The van der Waals surface area contributed by atoms with Crippen LogP contribution >= 0.6 is 0 Å². The van der Waals surface area contributed by atoms with Gasteiger partial charge in [-0.2, -0.15) is 0 Å². The third-order valence-electron chi connectivity index (χ3n) is 5.11. The standard InChI is InChI=1S/C25H35NO2/c27-22-21-26-20-13-9-7-5-3-1-2-4-6-8-10-15-23-16-11-12-17-24(23)18-14-19-25(26)28/h2-5,8,10-12,16-17,27H,1,6-7,9,13-15,18-22H2/b4-2-,5-3-,10-8-. The molecule has 0 unspecified atom stereocenters. The van der Waals surface area contributed by atoms with E-state index in [2.05, 4.69) is 60.7 Å². The Morgan fingerprint density at radius 3 is 2.32 bits per heavy atom. The third-order valence-corrected chi connectivity index (χ3v) is 5.11. The van der Waals surface area contributed by atoms with Crippen LogP contribution in [0, 0.1) is 0 Å². The maximum atomic E-state index is 12.6. The fraction of sp³-hybridized carbons (Fsp3) is 0.480. The minimum atomic E-state index is 0.0349. The molecular formula is C25H35NO2. The van der Waals surface area contributed by atoms with Gasteiger partial charge >= 0.3 is 0 Å². The molecule has 1 aromatic rings. The predicted molar refractivity (Wildman–Crippen MR) is 117 cm³/mol. The van der Waals surface area contributed by atoms with Gasteiger partial charge < -0.3 is 10.0 Å². The molecule has 0 bridgehead atoms. The average molecular weight is 382 g/mol. The van der Waals surface area contributed by atoms with Crippen molar-refractivity contribution in [3.05, 3.63) is 71.8 Å². The van der Waals surface area contributed by atoms with Gasteiger partial charge in [0.15, 0.2) is 0 Å². The number of nitrogens with zero attached hydrogens (tertiary/aromatic N) is 1. The summed E-state index contributed by atoms with van der Waals surface area (Å²) >= 11 is 0. The number of aliphatic hydroxyl groups excluding tert-OH is 1. The van der Waals surface area contributed by atoms with Crippen molar-refractivity contribution >= 4 is 5.91 Å². The molecule has 0 radical (unpaired) electrons. The number of rotatable bonds is 2. The largest absolute Gasteiger partial charge is 0.395 e. The zero-order chi connectivity index (χ0) is 19.9. The van der Waals surface area contributed by atoms with Crippen LogP contribution in [0.3, 0.4) is 0 Å². The van der Waals surface area contributed by atoms with Gasteiger partial charge in [-0.05, 0) is 62.5 Å². The van der Waals surface area contributed by atoms with Gasteiger partial charge in [-0.25, -0.2) is 0 Å². The van der Waals surface area contributed by atoms with Crippen molar-refractivity contribution in [3.8, 4) is 0 Å². The maximum Gasteiger partial charge on any atom is 0.222 e. The Morgan fingerprint density at radius 2 is 1.54 bits per heavy atom. The number of amides is 1. The summed E-state index contributed by atoms with van der Waals surface area (Å²) in [6.07, 6.45) is 21.7. The number of hydrogen-bond donors (Lipinski definition) is 1. The zero-order valence-corrected chi connectivity index (χ0v) is 17.1. The lowest BCUT2D eigenvalue weighted by Crippen LogP contribution is -2.34. The molecule has 2 rings (SSSR count). The second-order valence-corrected chi connectivity index (χ2v) is 7.31. The molecule has 3 heteroatoms. The molecule has 0 saturated carbocycles. The average Bonchev–Trinajstić information content (AvgIpc) is 2.70. The molecule has 0 saturated heterocycles. The first-order valence-electron chi connectivity index (χ1n) is 10.7. The molecule has 0 aromatic heterocycles. The highest BCUT2D eigenvalue weighted by Gasteiger charge is 2.12. The molecule has 152 valence electrons. The van der Waals surface area contributed by atoms with E-state index in [1.807, 2.05) is 4.90 Å². The lowest BCUT2D eigenvalue weighted by molar-refractivity contribution is -0.131. The van der Waals surface area contributed by atoms with Crippen molar-refractivity contribution in [1.82, 2.24) is 4.90 Å². The van der Waals surface area contributed by atoms with Gasteiger partial charge in [0, 0.05) is 19.5 Å². The topological polar surface area (TPSA) is 40.5 Å². The van der Waals surface area contributed by atoms with Crippen LogP contribution in [-0.2, 0) is 17.6 Å². The number of β-amino-alcohol motifs (C(OH)–C–C–N with tert-alkyl or cyclic N) is 1. The second kappa shape index (κ2) is 14.0. The Bertz CT molecular complexity index is 660. The monoisotopic (exact) mass is 381 g/mol. The summed E-state index contributed by atoms with van der Waals surface area (Å²) in [5.74, 6) is 0.168. The molecule has 3 nitrogen and oxygen atoms in total. The smallest absolute Gasteiger partial charge is 0.222 e. The van der Waals surface area contributed by atoms with Crippen LogP contribution < -0.4 is 0 Å². The van der Waals surface area contributed by atoms with Crippen LogP contribution in [0.5, 0.6) is 0 Å². The van der Waals surface area contributed by atoms with Crippen molar-refractivity contribution in [3.63, 3.8) is 0 Å². The highest BCUT2D eigenvalue weighted by Crippen LogP contribution is 2.14. The second-order valence-electron chi connectivity index (χ2n) is 7.31. The molecule has 0 spiro atoms. The molecule has 28 heavy (non-hydrogen) atoms. The predicted octanol–water partition coefficient (Wildman–Crippen LogP) is 5.01. The summed E-state index contributed by atoms with van der Waals surface area (Å²) in [5, 5.41) is 9.30. The van der Waals surface area contributed by atoms with Gasteiger partial charge in [-0.15, -0.1) is 0 Å². The van der Waals surface area contributed by atoms with E-state index >= 15 is 0 Å². The van der Waals surface area contributed by atoms with Crippen LogP contribution in [-0.4, -0.2) is 35.6 Å². The van der Waals surface area contributed by atoms with Gasteiger partial charge in [-0.3, -0.25) is 4.79 Å². The third kappa shape index (κ3) is 8.71. The Kier molecular flexibility index (Phi) is 11.0. The summed E-state index contributed by atoms with van der Waals surface area (Å²) in [5.41, 5.74) is 2.68. The van der Waals surface area contributed by atoms with Gasteiger partial charge in [0.25, 0.3) is 0 Å². The van der Waals surface area contributed by atoms with Gasteiger partial charge in [-0.1, -0.05) is 60.7 Å². The molecule has 1 N–H and O–H groups in total. The Morgan fingerprint density at radius 1 is 0.821 bits per heavy atom. The molecule has 1 aliphatic heterocycles. The van der Waals surface area contributed by atoms with Crippen molar-refractivity contribution in [1.29, 1.82) is 0 Å². The van der Waals surface area contributed by atoms with E-state index in [-0.39, 0.29) is 12.5 Å². The SMILES string of the molecule is O=C1CCCc2ccccc2C/C=C\C/C=C\C/C=C\CCCCN1CCO. The van der Waals surface area contributed by atoms with Crippen LogP contribution in [0.2, 0.25) is 0 Å². The van der Waals surface area contributed by atoms with Crippen molar-refractivity contribution in [2.75, 3.05) is 19.7 Å². The van der Waals surface area contributed by atoms with E-state index in [0.717, 1.165) is 57.9 Å². The van der Waals surface area contributed by atoms with E-state index in [1.54, 1.807) is 0 Å². The van der Waals surface area contributed by atoms with E-state index in [1.165, 1.54) is 11.1 Å². The van der Waals surface area contributed by atoms with Crippen LogP contribution in [0.15, 0.2) is 60.7 Å². The van der Waals surface area contributed by atoms with Gasteiger partial charge in [0.05, 0.1) is 6.61 Å². The molecule has 0 atom stereocenters. The fourth-order valence-electron chi connectivity index (χ4n) is 3.51. The zero-order valence-electron chi connectivity index (χ0n) is 17.1. The first kappa shape index (κ1) is 22.2. The Labute approximate surface area is 170 Å². The summed E-state index contributed by atoms with van der Waals surface area (Å²) in [6.45, 7) is 1.22. The Hall–Kier alpha value is -2.13. The molecule has 1 heterocycles. The van der Waals surface area contributed by atoms with Gasteiger partial charge in [0.2, 0.25) is 5.91 Å². The quantitative estimate of drug-likeness (QED) is 0.732. The number of carbonyl (C=O) groups excluding carboxylic acids is 1. The molecule has 1 aliphatic rings. The normalized spacial score (nSPS) is 21.5. The van der Waals surface area contributed by atoms with E-state index in [0.29, 0.717) is 13.0 Å². The van der Waals surface area contributed by atoms with Crippen molar-refractivity contribution < 1.29 is 9.90 Å². The van der Waals surface area contributed by atoms with Crippen LogP contribution in [0.4, 0.5) is 0 Å². The summed E-state index contributed by atoms with van der Waals surface area (Å²) < 4.78 is 0. The summed E-state index contributed by atoms with van der Waals surface area (Å²) in [6, 6.07) is 8.53. The molecule has 1 amide bonds. The Balaban J connectivity index is 2.01. The number of fused-ring (bicyclic) bond motifs is 1. The highest BCUT2D eigenvalue weighted by atomic mass is 16.3. The summed E-state index contributed by atoms with van der Waals surface area (Å²) in [4.78, 5) is 14.4. The first-order chi connectivity index (χ1) is 13.8. The van der Waals surface area contributed by atoms with E-state index in [9.17, 15) is 9.90 Å². The van der Waals surface area contributed by atoms with E-state index in [4.69, 9.17) is 0 Å². The van der Waals surface area contributed by atoms with Crippen LogP contribution in [0.1, 0.15) is 56.1 Å². The van der Waals surface area contributed by atoms with E-state index < -0.39 is 0 Å². The first-order valence-corrected chi connectivity index (χ1v) is 10.7. The van der Waals surface area contributed by atoms with Gasteiger partial charge in [0.1, 0.15) is 0 Å². The number of aliphatic hydroxyl groups is 1. The number of allylic oxidation sites excluding steroid dienone is 6. The fourth-order valence-corrected chi connectivity index (χ4v) is 3.51. The molecule has 0 fully saturated rings. The van der Waals surface area contributed by atoms with Crippen LogP contribution in [0.25, 0.3) is 0 Å². The lowest BCUT2D eigenvalue weighted by atomic mass is 9.99. The molecule has 1 aromatic carbocycles. The number of hydrogen-bond acceptors (Lipinski definition) is 2. The minimum absolute atomic E-state index is 0.0349. The summed E-state index contributed by atoms with van der Waals surface area (Å²) in [7, 11) is 0. The molecular weight excluding hydrogens is 346 g/mol. The minimum Gasteiger partial charge on any atom is -0.395 e. The highest BCUT2D eigenvalue weighted by molar-refractivity contribution is 5.76. The van der Waals surface area contributed by atoms with Crippen molar-refractivity contribution in [2.24, 2.45) is 0 Å². The number of aryl methyl sites for hydroxylation is 1. The number of carbonyl (C=O) groups is 1. The lowest BCUT2D eigenvalue weighted by Gasteiger charge is -2.22. The van der Waals surface area contributed by atoms with Crippen molar-refractivity contribution in [2.45, 2.75) is 57.8 Å².